The molecule has 0 aliphatic carbocycles. The molecule has 1 aromatic rings. The van der Waals surface area contributed by atoms with E-state index in [1.165, 1.54) is 17.7 Å². The summed E-state index contributed by atoms with van der Waals surface area (Å²) in [6, 6.07) is 7.17. The Kier molecular flexibility index (Phi) is 5.14. The molecular weight excluding hydrogens is 237 g/mol. The molecule has 1 aromatic carbocycles. The highest BCUT2D eigenvalue weighted by molar-refractivity contribution is 5.17. The van der Waals surface area contributed by atoms with Gasteiger partial charge < -0.3 is 5.32 Å². The van der Waals surface area contributed by atoms with Gasteiger partial charge in [0.05, 0.1) is 0 Å². The van der Waals surface area contributed by atoms with Gasteiger partial charge >= 0.3 is 0 Å². The number of benzene rings is 1. The van der Waals surface area contributed by atoms with Crippen molar-refractivity contribution in [2.24, 2.45) is 5.41 Å². The molecule has 1 nitrogen and oxygen atoms in total. The second-order valence-electron chi connectivity index (χ2n) is 7.50. The van der Waals surface area contributed by atoms with Crippen LogP contribution < -0.4 is 5.32 Å². The van der Waals surface area contributed by atoms with Gasteiger partial charge in [-0.05, 0) is 56.7 Å². The van der Waals surface area contributed by atoms with Crippen LogP contribution in [0, 0.1) is 11.2 Å². The van der Waals surface area contributed by atoms with Gasteiger partial charge in [-0.25, -0.2) is 4.39 Å². The van der Waals surface area contributed by atoms with Crippen molar-refractivity contribution in [2.45, 2.75) is 66.0 Å². The minimum Gasteiger partial charge on any atom is -0.309 e. The molecule has 1 atom stereocenters. The summed E-state index contributed by atoms with van der Waals surface area (Å²) in [6.45, 7) is 13.5. The van der Waals surface area contributed by atoms with E-state index in [9.17, 15) is 4.39 Å². The molecule has 0 aliphatic heterocycles. The second-order valence-corrected chi connectivity index (χ2v) is 7.50. The van der Waals surface area contributed by atoms with Crippen LogP contribution in [0.15, 0.2) is 24.3 Å². The zero-order chi connectivity index (χ0) is 14.7. The quantitative estimate of drug-likeness (QED) is 0.823. The lowest BCUT2D eigenvalue weighted by atomic mass is 9.81. The lowest BCUT2D eigenvalue weighted by molar-refractivity contribution is 0.226. The van der Waals surface area contributed by atoms with Crippen molar-refractivity contribution in [2.75, 3.05) is 0 Å². The van der Waals surface area contributed by atoms with Crippen molar-refractivity contribution in [1.29, 1.82) is 0 Å². The number of hydrogen-bond acceptors (Lipinski definition) is 1. The molecule has 0 saturated heterocycles. The Labute approximate surface area is 117 Å². The van der Waals surface area contributed by atoms with Gasteiger partial charge in [0.25, 0.3) is 0 Å². The van der Waals surface area contributed by atoms with Crippen LogP contribution >= 0.6 is 0 Å². The van der Waals surface area contributed by atoms with Crippen molar-refractivity contribution in [1.82, 2.24) is 5.32 Å². The molecule has 108 valence electrons. The summed E-state index contributed by atoms with van der Waals surface area (Å²) in [5, 5.41) is 3.68. The molecule has 0 saturated carbocycles. The first kappa shape index (κ1) is 16.2. The molecule has 0 spiro atoms. The number of rotatable bonds is 5. The summed E-state index contributed by atoms with van der Waals surface area (Å²) in [5.74, 6) is -0.169. The van der Waals surface area contributed by atoms with Crippen molar-refractivity contribution in [3.05, 3.63) is 35.6 Å². The first-order chi connectivity index (χ1) is 8.57. The summed E-state index contributed by atoms with van der Waals surface area (Å²) in [5.41, 5.74) is 1.59. The van der Waals surface area contributed by atoms with E-state index < -0.39 is 0 Å². The van der Waals surface area contributed by atoms with Gasteiger partial charge in [0.1, 0.15) is 5.82 Å². The predicted octanol–water partition coefficient (Wildman–Crippen LogP) is 4.56. The van der Waals surface area contributed by atoms with E-state index in [2.05, 4.69) is 46.9 Å². The summed E-state index contributed by atoms with van der Waals surface area (Å²) >= 11 is 0. The lowest BCUT2D eigenvalue weighted by Gasteiger charge is -2.36. The van der Waals surface area contributed by atoms with E-state index in [1.54, 1.807) is 0 Å². The molecule has 0 aromatic heterocycles. The Morgan fingerprint density at radius 1 is 1.05 bits per heavy atom. The Hall–Kier alpha value is -0.890. The highest BCUT2D eigenvalue weighted by Crippen LogP contribution is 2.27. The van der Waals surface area contributed by atoms with Crippen LogP contribution in [0.1, 0.15) is 53.5 Å². The fraction of sp³-hybridized carbons (Fsp3) is 0.647. The summed E-state index contributed by atoms with van der Waals surface area (Å²) in [6.07, 6.45) is 2.04. The maximum Gasteiger partial charge on any atom is 0.123 e. The van der Waals surface area contributed by atoms with Crippen molar-refractivity contribution in [3.8, 4) is 0 Å². The normalized spacial score (nSPS) is 14.5. The summed E-state index contributed by atoms with van der Waals surface area (Å²) < 4.78 is 12.9. The third-order valence-electron chi connectivity index (χ3n) is 3.06. The van der Waals surface area contributed by atoms with Crippen molar-refractivity contribution >= 4 is 0 Å². The maximum atomic E-state index is 12.9. The standard InChI is InChI=1S/C17H28FN/c1-13(11-14-7-9-15(18)10-8-14)19-17(5,6)12-16(2,3)4/h7-10,13,19H,11-12H2,1-6H3. The molecule has 0 radical (unpaired) electrons. The van der Waals surface area contributed by atoms with E-state index in [4.69, 9.17) is 0 Å². The van der Waals surface area contributed by atoms with E-state index in [-0.39, 0.29) is 11.4 Å². The molecule has 19 heavy (non-hydrogen) atoms. The highest BCUT2D eigenvalue weighted by Gasteiger charge is 2.26. The van der Waals surface area contributed by atoms with Crippen molar-refractivity contribution in [3.63, 3.8) is 0 Å². The van der Waals surface area contributed by atoms with Crippen LogP contribution in [-0.2, 0) is 6.42 Å². The van der Waals surface area contributed by atoms with Crippen LogP contribution in [-0.4, -0.2) is 11.6 Å². The van der Waals surface area contributed by atoms with E-state index in [0.717, 1.165) is 12.8 Å². The number of halogens is 1. The molecule has 1 N–H and O–H groups in total. The molecule has 0 aliphatic rings. The van der Waals surface area contributed by atoms with Crippen LogP contribution in [0.2, 0.25) is 0 Å². The van der Waals surface area contributed by atoms with E-state index >= 15 is 0 Å². The number of hydrogen-bond donors (Lipinski definition) is 1. The smallest absolute Gasteiger partial charge is 0.123 e. The first-order valence-electron chi connectivity index (χ1n) is 7.10. The number of nitrogens with one attached hydrogen (secondary N) is 1. The third-order valence-corrected chi connectivity index (χ3v) is 3.06. The lowest BCUT2D eigenvalue weighted by Crippen LogP contribution is -2.47. The zero-order valence-corrected chi connectivity index (χ0v) is 13.2. The van der Waals surface area contributed by atoms with Gasteiger partial charge in [-0.15, -0.1) is 0 Å². The van der Waals surface area contributed by atoms with Crippen LogP contribution in [0.3, 0.4) is 0 Å². The monoisotopic (exact) mass is 265 g/mol. The Morgan fingerprint density at radius 2 is 1.58 bits per heavy atom. The van der Waals surface area contributed by atoms with Gasteiger partial charge in [-0.1, -0.05) is 32.9 Å². The fourth-order valence-corrected chi connectivity index (χ4v) is 3.07. The van der Waals surface area contributed by atoms with E-state index in [1.807, 2.05) is 12.1 Å². The van der Waals surface area contributed by atoms with Gasteiger partial charge in [-0.3, -0.25) is 0 Å². The highest BCUT2D eigenvalue weighted by atomic mass is 19.1. The third kappa shape index (κ3) is 6.72. The largest absolute Gasteiger partial charge is 0.309 e. The molecule has 1 unspecified atom stereocenters. The Morgan fingerprint density at radius 3 is 2.05 bits per heavy atom. The summed E-state index contributed by atoms with van der Waals surface area (Å²) in [4.78, 5) is 0. The average molecular weight is 265 g/mol. The molecule has 0 bridgehead atoms. The fourth-order valence-electron chi connectivity index (χ4n) is 3.07. The van der Waals surface area contributed by atoms with Crippen LogP contribution in [0.25, 0.3) is 0 Å². The average Bonchev–Trinajstić information content (AvgIpc) is 2.16. The van der Waals surface area contributed by atoms with E-state index in [0.29, 0.717) is 11.5 Å². The van der Waals surface area contributed by atoms with Gasteiger partial charge in [-0.2, -0.15) is 0 Å². The summed E-state index contributed by atoms with van der Waals surface area (Å²) in [7, 11) is 0. The van der Waals surface area contributed by atoms with Crippen LogP contribution in [0.5, 0.6) is 0 Å². The van der Waals surface area contributed by atoms with Gasteiger partial charge in [0.2, 0.25) is 0 Å². The zero-order valence-electron chi connectivity index (χ0n) is 13.2. The Bertz CT molecular complexity index is 387. The minimum atomic E-state index is -0.169. The molecule has 0 amide bonds. The van der Waals surface area contributed by atoms with Crippen molar-refractivity contribution < 1.29 is 4.39 Å². The SMILES string of the molecule is CC(Cc1ccc(F)cc1)NC(C)(C)CC(C)(C)C. The maximum absolute atomic E-state index is 12.9. The minimum absolute atomic E-state index is 0.109. The van der Waals surface area contributed by atoms with Gasteiger partial charge in [0, 0.05) is 11.6 Å². The van der Waals surface area contributed by atoms with Crippen LogP contribution in [0.4, 0.5) is 4.39 Å². The Balaban J connectivity index is 2.54. The second kappa shape index (κ2) is 6.04. The predicted molar refractivity (Wildman–Crippen MR) is 80.9 cm³/mol. The molecule has 0 fully saturated rings. The topological polar surface area (TPSA) is 12.0 Å². The first-order valence-corrected chi connectivity index (χ1v) is 7.10. The molecule has 0 heterocycles. The molecular formula is C17H28FN. The molecule has 2 heteroatoms. The molecule has 1 rings (SSSR count). The van der Waals surface area contributed by atoms with Gasteiger partial charge in [0.15, 0.2) is 0 Å².